The summed E-state index contributed by atoms with van der Waals surface area (Å²) in [5, 5.41) is 0. The lowest BCUT2D eigenvalue weighted by Crippen LogP contribution is -2.11. The molecule has 0 aliphatic rings. The lowest BCUT2D eigenvalue weighted by atomic mass is 10.1. The zero-order chi connectivity index (χ0) is 15.4. The van der Waals surface area contributed by atoms with Crippen LogP contribution in [0.25, 0.3) is 0 Å². The minimum absolute atomic E-state index is 0.190. The summed E-state index contributed by atoms with van der Waals surface area (Å²) in [7, 11) is 1.54. The van der Waals surface area contributed by atoms with Gasteiger partial charge in [-0.15, -0.1) is 0 Å². The van der Waals surface area contributed by atoms with E-state index >= 15 is 0 Å². The van der Waals surface area contributed by atoms with Gasteiger partial charge < -0.3 is 15.2 Å². The van der Waals surface area contributed by atoms with Crippen molar-refractivity contribution in [2.75, 3.05) is 7.11 Å². The smallest absolute Gasteiger partial charge is 0.166 e. The van der Waals surface area contributed by atoms with Crippen molar-refractivity contribution in [2.24, 2.45) is 5.73 Å². The van der Waals surface area contributed by atoms with Gasteiger partial charge in [0.25, 0.3) is 0 Å². The first kappa shape index (κ1) is 15.7. The lowest BCUT2D eigenvalue weighted by molar-refractivity contribution is 0.289. The monoisotopic (exact) mass is 369 g/mol. The number of hydrogen-bond acceptors (Lipinski definition) is 3. The maximum Gasteiger partial charge on any atom is 0.166 e. The van der Waals surface area contributed by atoms with Gasteiger partial charge in [-0.1, -0.05) is 34.2 Å². The maximum atomic E-state index is 13.7. The van der Waals surface area contributed by atoms with Crippen molar-refractivity contribution in [2.45, 2.75) is 6.61 Å². The summed E-state index contributed by atoms with van der Waals surface area (Å²) in [4.78, 5) is 0.262. The maximum absolute atomic E-state index is 13.7. The Kier molecular flexibility index (Phi) is 5.14. The van der Waals surface area contributed by atoms with Gasteiger partial charge in [-0.25, -0.2) is 4.39 Å². The number of benzene rings is 2. The van der Waals surface area contributed by atoms with E-state index in [1.807, 2.05) is 6.07 Å². The number of methoxy groups -OCH3 is 1. The third-order valence-electron chi connectivity index (χ3n) is 2.82. The molecular weight excluding hydrogens is 357 g/mol. The molecule has 0 heterocycles. The Morgan fingerprint density at radius 3 is 2.62 bits per heavy atom. The van der Waals surface area contributed by atoms with E-state index in [0.717, 1.165) is 5.56 Å². The molecule has 110 valence electrons. The normalized spacial score (nSPS) is 10.2. The van der Waals surface area contributed by atoms with Gasteiger partial charge in [0, 0.05) is 4.47 Å². The van der Waals surface area contributed by atoms with Crippen molar-refractivity contribution in [1.82, 2.24) is 0 Å². The quantitative estimate of drug-likeness (QED) is 0.813. The van der Waals surface area contributed by atoms with Gasteiger partial charge in [0.1, 0.15) is 17.3 Å². The highest BCUT2D eigenvalue weighted by molar-refractivity contribution is 9.10. The van der Waals surface area contributed by atoms with Crippen LogP contribution in [0.3, 0.4) is 0 Å². The molecule has 0 aromatic heterocycles. The minimum Gasteiger partial charge on any atom is -0.496 e. The van der Waals surface area contributed by atoms with Crippen LogP contribution in [0.5, 0.6) is 11.5 Å². The number of nitrogens with two attached hydrogens (primary N) is 1. The van der Waals surface area contributed by atoms with Crippen LogP contribution in [0, 0.1) is 5.82 Å². The van der Waals surface area contributed by atoms with Crippen molar-refractivity contribution < 1.29 is 13.9 Å². The Bertz CT molecular complexity index is 679. The Morgan fingerprint density at radius 2 is 2.00 bits per heavy atom. The second-order valence-electron chi connectivity index (χ2n) is 4.26. The SMILES string of the molecule is COc1cc(COc2ccc(Br)cc2F)ccc1C(N)=S. The summed E-state index contributed by atoms with van der Waals surface area (Å²) in [5.41, 5.74) is 7.09. The molecule has 2 aromatic carbocycles. The Morgan fingerprint density at radius 1 is 1.24 bits per heavy atom. The van der Waals surface area contributed by atoms with E-state index < -0.39 is 5.82 Å². The molecular formula is C15H13BrFNO2S. The average Bonchev–Trinajstić information content (AvgIpc) is 2.45. The molecule has 0 spiro atoms. The molecule has 3 nitrogen and oxygen atoms in total. The molecule has 0 bridgehead atoms. The highest BCUT2D eigenvalue weighted by Crippen LogP contribution is 2.24. The van der Waals surface area contributed by atoms with Crippen molar-refractivity contribution in [3.8, 4) is 11.5 Å². The topological polar surface area (TPSA) is 44.5 Å². The van der Waals surface area contributed by atoms with Crippen molar-refractivity contribution >= 4 is 33.1 Å². The van der Waals surface area contributed by atoms with Crippen LogP contribution in [-0.4, -0.2) is 12.1 Å². The van der Waals surface area contributed by atoms with Crippen LogP contribution < -0.4 is 15.2 Å². The van der Waals surface area contributed by atoms with E-state index in [1.54, 1.807) is 24.3 Å². The van der Waals surface area contributed by atoms with Gasteiger partial charge in [-0.3, -0.25) is 0 Å². The predicted molar refractivity (Wildman–Crippen MR) is 87.3 cm³/mol. The molecule has 21 heavy (non-hydrogen) atoms. The first-order valence-corrected chi connectivity index (χ1v) is 7.26. The predicted octanol–water partition coefficient (Wildman–Crippen LogP) is 3.81. The number of rotatable bonds is 5. The molecule has 0 aliphatic carbocycles. The Balaban J connectivity index is 2.15. The van der Waals surface area contributed by atoms with Gasteiger partial charge in [-0.2, -0.15) is 0 Å². The Hall–Kier alpha value is -1.66. The van der Waals surface area contributed by atoms with E-state index in [9.17, 15) is 4.39 Å². The van der Waals surface area contributed by atoms with Gasteiger partial charge >= 0.3 is 0 Å². The molecule has 2 N–H and O–H groups in total. The van der Waals surface area contributed by atoms with Crippen molar-refractivity contribution in [1.29, 1.82) is 0 Å². The molecule has 2 aromatic rings. The van der Waals surface area contributed by atoms with E-state index in [0.29, 0.717) is 15.8 Å². The van der Waals surface area contributed by atoms with Gasteiger partial charge in [0.05, 0.1) is 12.7 Å². The van der Waals surface area contributed by atoms with E-state index in [1.165, 1.54) is 13.2 Å². The zero-order valence-corrected chi connectivity index (χ0v) is 13.6. The summed E-state index contributed by atoms with van der Waals surface area (Å²) in [5.74, 6) is 0.339. The molecule has 0 aliphatic heterocycles. The van der Waals surface area contributed by atoms with Gasteiger partial charge in [0.2, 0.25) is 0 Å². The fourth-order valence-electron chi connectivity index (χ4n) is 1.78. The molecule has 0 atom stereocenters. The fourth-order valence-corrected chi connectivity index (χ4v) is 2.28. The van der Waals surface area contributed by atoms with Crippen LogP contribution >= 0.6 is 28.1 Å². The molecule has 6 heteroatoms. The number of hydrogen-bond donors (Lipinski definition) is 1. The molecule has 0 unspecified atom stereocenters. The summed E-state index contributed by atoms with van der Waals surface area (Å²) in [6, 6.07) is 9.98. The number of halogens is 2. The van der Waals surface area contributed by atoms with Crippen LogP contribution in [0.4, 0.5) is 4.39 Å². The third-order valence-corrected chi connectivity index (χ3v) is 3.53. The van der Waals surface area contributed by atoms with E-state index in [4.69, 9.17) is 27.4 Å². The van der Waals surface area contributed by atoms with Crippen LogP contribution in [0.2, 0.25) is 0 Å². The highest BCUT2D eigenvalue weighted by Gasteiger charge is 2.08. The standard InChI is InChI=1S/C15H13BrFNO2S/c1-19-14-6-9(2-4-11(14)15(18)21)8-20-13-5-3-10(16)7-12(13)17/h2-7H,8H2,1H3,(H2,18,21). The molecule has 0 fully saturated rings. The third kappa shape index (κ3) is 3.92. The van der Waals surface area contributed by atoms with Crippen molar-refractivity contribution in [3.05, 3.63) is 57.8 Å². The average molecular weight is 370 g/mol. The summed E-state index contributed by atoms with van der Waals surface area (Å²) < 4.78 is 25.0. The van der Waals surface area contributed by atoms with Gasteiger partial charge in [0.15, 0.2) is 11.6 Å². The fraction of sp³-hybridized carbons (Fsp3) is 0.133. The molecule has 0 saturated carbocycles. The summed E-state index contributed by atoms with van der Waals surface area (Å²) in [6.07, 6.45) is 0. The first-order chi connectivity index (χ1) is 10.0. The van der Waals surface area contributed by atoms with Crippen LogP contribution in [0.1, 0.15) is 11.1 Å². The van der Waals surface area contributed by atoms with Gasteiger partial charge in [-0.05, 0) is 35.9 Å². The largest absolute Gasteiger partial charge is 0.496 e. The second-order valence-corrected chi connectivity index (χ2v) is 5.62. The molecule has 0 amide bonds. The summed E-state index contributed by atoms with van der Waals surface area (Å²) >= 11 is 8.14. The zero-order valence-electron chi connectivity index (χ0n) is 11.2. The Labute approximate surface area is 136 Å². The molecule has 0 saturated heterocycles. The molecule has 2 rings (SSSR count). The van der Waals surface area contributed by atoms with Crippen LogP contribution in [0.15, 0.2) is 40.9 Å². The first-order valence-electron chi connectivity index (χ1n) is 6.06. The minimum atomic E-state index is -0.420. The lowest BCUT2D eigenvalue weighted by Gasteiger charge is -2.11. The van der Waals surface area contributed by atoms with Crippen molar-refractivity contribution in [3.63, 3.8) is 0 Å². The van der Waals surface area contributed by atoms with E-state index in [2.05, 4.69) is 15.9 Å². The summed E-state index contributed by atoms with van der Waals surface area (Å²) in [6.45, 7) is 0.215. The highest BCUT2D eigenvalue weighted by atomic mass is 79.9. The van der Waals surface area contributed by atoms with E-state index in [-0.39, 0.29) is 17.3 Å². The number of thiocarbonyl (C=S) groups is 1. The second kappa shape index (κ2) is 6.87. The molecule has 0 radical (unpaired) electrons. The van der Waals surface area contributed by atoms with Crippen LogP contribution in [-0.2, 0) is 6.61 Å². The number of ether oxygens (including phenoxy) is 2.